The topological polar surface area (TPSA) is 20.3 Å². The van der Waals surface area contributed by atoms with Gasteiger partial charge < -0.3 is 4.90 Å². The molecule has 1 heterocycles. The smallest absolute Gasteiger partial charge is 0.226 e. The van der Waals surface area contributed by atoms with Gasteiger partial charge in [0.15, 0.2) is 0 Å². The molecule has 2 nitrogen and oxygen atoms in total. The molecule has 0 radical (unpaired) electrons. The van der Waals surface area contributed by atoms with Crippen LogP contribution in [0, 0.1) is 0 Å². The summed E-state index contributed by atoms with van der Waals surface area (Å²) in [4.78, 5) is 12.9. The molecule has 0 aromatic carbocycles. The van der Waals surface area contributed by atoms with Crippen LogP contribution in [0.15, 0.2) is 24.9 Å². The van der Waals surface area contributed by atoms with E-state index < -0.39 is 0 Å². The molecule has 0 saturated carbocycles. The molecule has 1 rings (SSSR count). The number of allylic oxidation sites excluding steroid dienone is 1. The molecule has 0 unspecified atom stereocenters. The van der Waals surface area contributed by atoms with Gasteiger partial charge in [-0.2, -0.15) is 0 Å². The van der Waals surface area contributed by atoms with E-state index in [1.54, 1.807) is 11.0 Å². The molecule has 0 N–H and O–H groups in total. The van der Waals surface area contributed by atoms with Gasteiger partial charge in [0.2, 0.25) is 5.91 Å². The predicted molar refractivity (Wildman–Crippen MR) is 44.9 cm³/mol. The fourth-order valence-corrected chi connectivity index (χ4v) is 1.26. The molecule has 1 amide bonds. The minimum absolute atomic E-state index is 0.205. The lowest BCUT2D eigenvalue weighted by Crippen LogP contribution is -2.22. The van der Waals surface area contributed by atoms with Crippen molar-refractivity contribution in [3.8, 4) is 0 Å². The van der Waals surface area contributed by atoms with E-state index in [1.165, 1.54) is 0 Å². The Kier molecular flexibility index (Phi) is 2.47. The molecule has 0 aromatic heterocycles. The van der Waals surface area contributed by atoms with Gasteiger partial charge in [0, 0.05) is 25.1 Å². The standard InChI is InChI=1S/C9H13NO/c1-3-5-8(2)10-7-4-6-9(10)11/h3H,1-2,4-7H2. The van der Waals surface area contributed by atoms with Gasteiger partial charge in [0.1, 0.15) is 0 Å². The minimum Gasteiger partial charge on any atom is -0.316 e. The lowest BCUT2D eigenvalue weighted by molar-refractivity contribution is -0.126. The first-order valence-electron chi connectivity index (χ1n) is 3.84. The number of carbonyl (C=O) groups is 1. The second-order valence-corrected chi connectivity index (χ2v) is 2.71. The van der Waals surface area contributed by atoms with Gasteiger partial charge in [0.05, 0.1) is 0 Å². The van der Waals surface area contributed by atoms with Crippen molar-refractivity contribution >= 4 is 5.91 Å². The van der Waals surface area contributed by atoms with E-state index >= 15 is 0 Å². The normalized spacial score (nSPS) is 17.1. The highest BCUT2D eigenvalue weighted by Crippen LogP contribution is 2.16. The number of nitrogens with zero attached hydrogens (tertiary/aromatic N) is 1. The van der Waals surface area contributed by atoms with Gasteiger partial charge in [-0.1, -0.05) is 12.7 Å². The fourth-order valence-electron chi connectivity index (χ4n) is 1.26. The maximum absolute atomic E-state index is 11.1. The Morgan fingerprint density at radius 3 is 2.91 bits per heavy atom. The molecular formula is C9H13NO. The highest BCUT2D eigenvalue weighted by atomic mass is 16.2. The summed E-state index contributed by atoms with van der Waals surface area (Å²) in [5, 5.41) is 0. The first-order chi connectivity index (χ1) is 5.25. The van der Waals surface area contributed by atoms with Crippen LogP contribution in [-0.2, 0) is 4.79 Å². The van der Waals surface area contributed by atoms with Crippen molar-refractivity contribution in [3.05, 3.63) is 24.9 Å². The second-order valence-electron chi connectivity index (χ2n) is 2.71. The second kappa shape index (κ2) is 3.37. The van der Waals surface area contributed by atoms with E-state index in [9.17, 15) is 4.79 Å². The summed E-state index contributed by atoms with van der Waals surface area (Å²) in [7, 11) is 0. The minimum atomic E-state index is 0.205. The summed E-state index contributed by atoms with van der Waals surface area (Å²) in [6, 6.07) is 0. The Labute approximate surface area is 67.2 Å². The molecule has 2 heteroatoms. The Balaban J connectivity index is 2.52. The van der Waals surface area contributed by atoms with Crippen LogP contribution in [0.4, 0.5) is 0 Å². The number of rotatable bonds is 3. The molecule has 0 spiro atoms. The van der Waals surface area contributed by atoms with Crippen LogP contribution in [0.3, 0.4) is 0 Å². The molecule has 0 aromatic rings. The Morgan fingerprint density at radius 2 is 2.45 bits per heavy atom. The Hall–Kier alpha value is -1.05. The third-order valence-electron chi connectivity index (χ3n) is 1.84. The van der Waals surface area contributed by atoms with Gasteiger partial charge in [0.25, 0.3) is 0 Å². The molecule has 1 aliphatic rings. The molecule has 1 fully saturated rings. The summed E-state index contributed by atoms with van der Waals surface area (Å²) in [5.74, 6) is 0.205. The van der Waals surface area contributed by atoms with E-state index in [1.807, 2.05) is 0 Å². The van der Waals surface area contributed by atoms with Crippen molar-refractivity contribution < 1.29 is 4.79 Å². The van der Waals surface area contributed by atoms with Crippen LogP contribution in [0.25, 0.3) is 0 Å². The molecular weight excluding hydrogens is 138 g/mol. The first kappa shape index (κ1) is 8.05. The number of carbonyl (C=O) groups excluding carboxylic acids is 1. The zero-order chi connectivity index (χ0) is 8.27. The monoisotopic (exact) mass is 151 g/mol. The lowest BCUT2D eigenvalue weighted by atomic mass is 10.3. The van der Waals surface area contributed by atoms with Crippen LogP contribution in [-0.4, -0.2) is 17.4 Å². The van der Waals surface area contributed by atoms with E-state index in [4.69, 9.17) is 0 Å². The lowest BCUT2D eigenvalue weighted by Gasteiger charge is -2.16. The first-order valence-corrected chi connectivity index (χ1v) is 3.84. The molecule has 1 saturated heterocycles. The van der Waals surface area contributed by atoms with E-state index in [0.717, 1.165) is 18.7 Å². The molecule has 1 aliphatic heterocycles. The SMILES string of the molecule is C=CCC(=C)N1CCCC1=O. The highest BCUT2D eigenvalue weighted by Gasteiger charge is 2.21. The average molecular weight is 151 g/mol. The molecule has 0 atom stereocenters. The van der Waals surface area contributed by atoms with Gasteiger partial charge in [-0.3, -0.25) is 4.79 Å². The number of amides is 1. The van der Waals surface area contributed by atoms with E-state index in [-0.39, 0.29) is 5.91 Å². The maximum Gasteiger partial charge on any atom is 0.226 e. The van der Waals surface area contributed by atoms with Crippen LogP contribution in [0.1, 0.15) is 19.3 Å². The summed E-state index contributed by atoms with van der Waals surface area (Å²) in [6.45, 7) is 8.25. The van der Waals surface area contributed by atoms with Gasteiger partial charge in [-0.25, -0.2) is 0 Å². The third-order valence-corrected chi connectivity index (χ3v) is 1.84. The predicted octanol–water partition coefficient (Wildman–Crippen LogP) is 1.70. The summed E-state index contributed by atoms with van der Waals surface area (Å²) < 4.78 is 0. The highest BCUT2D eigenvalue weighted by molar-refractivity contribution is 5.79. The number of hydrogen-bond donors (Lipinski definition) is 0. The fraction of sp³-hybridized carbons (Fsp3) is 0.444. The van der Waals surface area contributed by atoms with Crippen molar-refractivity contribution in [2.75, 3.05) is 6.54 Å². The van der Waals surface area contributed by atoms with Crippen molar-refractivity contribution in [1.82, 2.24) is 4.90 Å². The quantitative estimate of drug-likeness (QED) is 0.562. The number of hydrogen-bond acceptors (Lipinski definition) is 1. The van der Waals surface area contributed by atoms with Crippen molar-refractivity contribution in [2.45, 2.75) is 19.3 Å². The molecule has 60 valence electrons. The molecule has 0 aliphatic carbocycles. The van der Waals surface area contributed by atoms with Crippen molar-refractivity contribution in [2.24, 2.45) is 0 Å². The van der Waals surface area contributed by atoms with Crippen molar-refractivity contribution in [1.29, 1.82) is 0 Å². The Bertz CT molecular complexity index is 196. The van der Waals surface area contributed by atoms with E-state index in [2.05, 4.69) is 13.2 Å². The molecule has 11 heavy (non-hydrogen) atoms. The van der Waals surface area contributed by atoms with Crippen LogP contribution >= 0.6 is 0 Å². The average Bonchev–Trinajstić information content (AvgIpc) is 2.36. The zero-order valence-electron chi connectivity index (χ0n) is 6.68. The van der Waals surface area contributed by atoms with Crippen LogP contribution in [0.2, 0.25) is 0 Å². The maximum atomic E-state index is 11.1. The third kappa shape index (κ3) is 1.70. The number of likely N-dealkylation sites (tertiary alicyclic amines) is 1. The summed E-state index contributed by atoms with van der Waals surface area (Å²) in [6.07, 6.45) is 4.13. The largest absolute Gasteiger partial charge is 0.316 e. The summed E-state index contributed by atoms with van der Waals surface area (Å²) >= 11 is 0. The molecule has 0 bridgehead atoms. The van der Waals surface area contributed by atoms with Gasteiger partial charge in [-0.05, 0) is 6.42 Å². The van der Waals surface area contributed by atoms with Crippen molar-refractivity contribution in [3.63, 3.8) is 0 Å². The van der Waals surface area contributed by atoms with Crippen LogP contribution < -0.4 is 0 Å². The van der Waals surface area contributed by atoms with E-state index in [0.29, 0.717) is 12.8 Å². The Morgan fingerprint density at radius 1 is 1.73 bits per heavy atom. The van der Waals surface area contributed by atoms with Gasteiger partial charge in [-0.15, -0.1) is 6.58 Å². The van der Waals surface area contributed by atoms with Gasteiger partial charge >= 0.3 is 0 Å². The summed E-state index contributed by atoms with van der Waals surface area (Å²) in [5.41, 5.74) is 0.877. The van der Waals surface area contributed by atoms with Crippen LogP contribution in [0.5, 0.6) is 0 Å². The zero-order valence-corrected chi connectivity index (χ0v) is 6.68.